The van der Waals surface area contributed by atoms with Crippen LogP contribution in [0.2, 0.25) is 0 Å². The molecular formula is C20H24N2O5. The van der Waals surface area contributed by atoms with Crippen LogP contribution in [0.4, 0.5) is 0 Å². The van der Waals surface area contributed by atoms with Crippen LogP contribution in [0.5, 0.6) is 23.0 Å². The van der Waals surface area contributed by atoms with Gasteiger partial charge in [-0.2, -0.15) is 5.10 Å². The molecule has 2 rings (SSSR count). The average Bonchev–Trinajstić information content (AvgIpc) is 2.71. The predicted molar refractivity (Wildman–Crippen MR) is 103 cm³/mol. The first-order valence-electron chi connectivity index (χ1n) is 8.49. The Morgan fingerprint density at radius 1 is 1.04 bits per heavy atom. The fourth-order valence-corrected chi connectivity index (χ4v) is 2.39. The minimum absolute atomic E-state index is 0.356. The van der Waals surface area contributed by atoms with E-state index < -0.39 is 0 Å². The first kappa shape index (κ1) is 20.1. The molecule has 1 amide bonds. The smallest absolute Gasteiger partial charge is 0.275 e. The molecule has 144 valence electrons. The zero-order valence-electron chi connectivity index (χ0n) is 15.9. The van der Waals surface area contributed by atoms with Crippen molar-refractivity contribution in [3.05, 3.63) is 47.5 Å². The topological polar surface area (TPSA) is 78.4 Å². The van der Waals surface area contributed by atoms with Crippen molar-refractivity contribution in [3.8, 4) is 23.0 Å². The summed E-state index contributed by atoms with van der Waals surface area (Å²) in [5, 5.41) is 4.01. The Morgan fingerprint density at radius 2 is 1.70 bits per heavy atom. The summed E-state index contributed by atoms with van der Waals surface area (Å²) in [5.74, 6) is 1.67. The molecule has 1 N–H and O–H groups in total. The van der Waals surface area contributed by atoms with Crippen LogP contribution in [0.3, 0.4) is 0 Å². The maximum Gasteiger partial charge on any atom is 0.275 e. The van der Waals surface area contributed by atoms with E-state index in [-0.39, 0.29) is 5.91 Å². The van der Waals surface area contributed by atoms with Gasteiger partial charge in [0.25, 0.3) is 5.91 Å². The molecular weight excluding hydrogens is 348 g/mol. The van der Waals surface area contributed by atoms with Gasteiger partial charge in [-0.3, -0.25) is 4.79 Å². The predicted octanol–water partition coefficient (Wildman–Crippen LogP) is 3.27. The Kier molecular flexibility index (Phi) is 7.49. The minimum atomic E-state index is -0.356. The van der Waals surface area contributed by atoms with Crippen LogP contribution < -0.4 is 24.4 Å². The molecule has 0 aliphatic heterocycles. The van der Waals surface area contributed by atoms with Gasteiger partial charge in [-0.25, -0.2) is 5.43 Å². The van der Waals surface area contributed by atoms with Crippen molar-refractivity contribution in [2.45, 2.75) is 13.3 Å². The lowest BCUT2D eigenvalue weighted by Crippen LogP contribution is -2.18. The molecule has 0 saturated heterocycles. The van der Waals surface area contributed by atoms with Crippen molar-refractivity contribution in [1.82, 2.24) is 5.43 Å². The number of carbonyl (C=O) groups is 1. The normalized spacial score (nSPS) is 10.5. The number of ether oxygens (including phenoxy) is 4. The van der Waals surface area contributed by atoms with Crippen LogP contribution in [0.1, 0.15) is 29.3 Å². The maximum atomic E-state index is 12.4. The molecule has 0 atom stereocenters. The van der Waals surface area contributed by atoms with Gasteiger partial charge < -0.3 is 18.9 Å². The third-order valence-electron chi connectivity index (χ3n) is 3.66. The highest BCUT2D eigenvalue weighted by molar-refractivity contribution is 5.97. The fourth-order valence-electron chi connectivity index (χ4n) is 2.39. The Hall–Kier alpha value is -3.22. The van der Waals surface area contributed by atoms with E-state index in [0.717, 1.165) is 6.42 Å². The minimum Gasteiger partial charge on any atom is -0.493 e. The largest absolute Gasteiger partial charge is 0.493 e. The molecule has 7 nitrogen and oxygen atoms in total. The molecule has 0 unspecified atom stereocenters. The first-order valence-corrected chi connectivity index (χ1v) is 8.49. The number of nitrogens with one attached hydrogen (secondary N) is 1. The second-order valence-corrected chi connectivity index (χ2v) is 5.50. The standard InChI is InChI=1S/C20H24N2O5/c1-5-10-27-16-9-7-6-8-15(16)20(23)22-21-13-14-11-17(24-2)19(26-4)18(12-14)25-3/h6-9,11-13H,5,10H2,1-4H3,(H,22,23). The Morgan fingerprint density at radius 3 is 2.30 bits per heavy atom. The molecule has 0 radical (unpaired) electrons. The number of hydrogen-bond donors (Lipinski definition) is 1. The van der Waals surface area contributed by atoms with Crippen LogP contribution in [-0.2, 0) is 0 Å². The fraction of sp³-hybridized carbons (Fsp3) is 0.300. The summed E-state index contributed by atoms with van der Waals surface area (Å²) in [5.41, 5.74) is 3.61. The second kappa shape index (κ2) is 10.1. The van der Waals surface area contributed by atoms with Crippen molar-refractivity contribution in [1.29, 1.82) is 0 Å². The summed E-state index contributed by atoms with van der Waals surface area (Å²) in [6, 6.07) is 10.5. The number of amides is 1. The molecule has 0 saturated carbocycles. The van der Waals surface area contributed by atoms with Gasteiger partial charge in [0.2, 0.25) is 5.75 Å². The zero-order chi connectivity index (χ0) is 19.6. The van der Waals surface area contributed by atoms with Gasteiger partial charge in [-0.1, -0.05) is 19.1 Å². The third-order valence-corrected chi connectivity index (χ3v) is 3.66. The SMILES string of the molecule is CCCOc1ccccc1C(=O)NN=Cc1cc(OC)c(OC)c(OC)c1. The van der Waals surface area contributed by atoms with Gasteiger partial charge in [0.05, 0.1) is 39.7 Å². The van der Waals surface area contributed by atoms with Crippen LogP contribution in [0.25, 0.3) is 0 Å². The molecule has 0 heterocycles. The van der Waals surface area contributed by atoms with E-state index in [0.29, 0.717) is 40.7 Å². The van der Waals surface area contributed by atoms with Crippen molar-refractivity contribution in [3.63, 3.8) is 0 Å². The molecule has 0 bridgehead atoms. The molecule has 0 aliphatic rings. The summed E-state index contributed by atoms with van der Waals surface area (Å²) in [7, 11) is 4.60. The van der Waals surface area contributed by atoms with Crippen LogP contribution in [-0.4, -0.2) is 40.1 Å². The quantitative estimate of drug-likeness (QED) is 0.540. The highest BCUT2D eigenvalue weighted by Crippen LogP contribution is 2.37. The van der Waals surface area contributed by atoms with Gasteiger partial charge in [0, 0.05) is 5.56 Å². The third kappa shape index (κ3) is 5.13. The zero-order valence-corrected chi connectivity index (χ0v) is 15.9. The molecule has 2 aromatic carbocycles. The highest BCUT2D eigenvalue weighted by Gasteiger charge is 2.13. The second-order valence-electron chi connectivity index (χ2n) is 5.50. The number of nitrogens with zero attached hydrogens (tertiary/aromatic N) is 1. The monoisotopic (exact) mass is 372 g/mol. The lowest BCUT2D eigenvalue weighted by Gasteiger charge is -2.12. The summed E-state index contributed by atoms with van der Waals surface area (Å²) >= 11 is 0. The van der Waals surface area contributed by atoms with Gasteiger partial charge in [0.1, 0.15) is 5.75 Å². The van der Waals surface area contributed by atoms with Gasteiger partial charge >= 0.3 is 0 Å². The first-order chi connectivity index (χ1) is 13.1. The summed E-state index contributed by atoms with van der Waals surface area (Å²) in [4.78, 5) is 12.4. The number of hydrogen-bond acceptors (Lipinski definition) is 6. The average molecular weight is 372 g/mol. The molecule has 0 aromatic heterocycles. The Balaban J connectivity index is 2.15. The summed E-state index contributed by atoms with van der Waals surface area (Å²) < 4.78 is 21.5. The van der Waals surface area contributed by atoms with E-state index in [1.54, 1.807) is 30.3 Å². The lowest BCUT2D eigenvalue weighted by molar-refractivity contribution is 0.0951. The molecule has 0 aliphatic carbocycles. The van der Waals surface area contributed by atoms with E-state index in [1.807, 2.05) is 13.0 Å². The van der Waals surface area contributed by atoms with E-state index in [2.05, 4.69) is 10.5 Å². The van der Waals surface area contributed by atoms with Crippen molar-refractivity contribution >= 4 is 12.1 Å². The van der Waals surface area contributed by atoms with E-state index in [4.69, 9.17) is 18.9 Å². The molecule has 0 spiro atoms. The molecule has 2 aromatic rings. The number of benzene rings is 2. The van der Waals surface area contributed by atoms with Crippen molar-refractivity contribution in [2.75, 3.05) is 27.9 Å². The van der Waals surface area contributed by atoms with Gasteiger partial charge in [-0.05, 0) is 30.7 Å². The Labute approximate surface area is 158 Å². The number of hydrazone groups is 1. The van der Waals surface area contributed by atoms with Gasteiger partial charge in [0.15, 0.2) is 11.5 Å². The van der Waals surface area contributed by atoms with E-state index >= 15 is 0 Å². The van der Waals surface area contributed by atoms with Crippen LogP contribution >= 0.6 is 0 Å². The summed E-state index contributed by atoms with van der Waals surface area (Å²) in [6.45, 7) is 2.55. The van der Waals surface area contributed by atoms with Crippen molar-refractivity contribution < 1.29 is 23.7 Å². The number of para-hydroxylation sites is 1. The maximum absolute atomic E-state index is 12.4. The molecule has 0 fully saturated rings. The number of rotatable bonds is 9. The molecule has 7 heteroatoms. The van der Waals surface area contributed by atoms with Crippen LogP contribution in [0.15, 0.2) is 41.5 Å². The highest BCUT2D eigenvalue weighted by atomic mass is 16.5. The van der Waals surface area contributed by atoms with E-state index in [1.165, 1.54) is 27.5 Å². The molecule has 27 heavy (non-hydrogen) atoms. The van der Waals surface area contributed by atoms with Crippen molar-refractivity contribution in [2.24, 2.45) is 5.10 Å². The number of methoxy groups -OCH3 is 3. The van der Waals surface area contributed by atoms with Crippen LogP contribution in [0, 0.1) is 0 Å². The van der Waals surface area contributed by atoms with Gasteiger partial charge in [-0.15, -0.1) is 0 Å². The Bertz CT molecular complexity index is 780. The lowest BCUT2D eigenvalue weighted by atomic mass is 10.2. The summed E-state index contributed by atoms with van der Waals surface area (Å²) in [6.07, 6.45) is 2.35. The van der Waals surface area contributed by atoms with E-state index in [9.17, 15) is 4.79 Å². The number of carbonyl (C=O) groups excluding carboxylic acids is 1.